The lowest BCUT2D eigenvalue weighted by Gasteiger charge is -2.05. The van der Waals surface area contributed by atoms with Gasteiger partial charge in [-0.15, -0.1) is 11.3 Å². The van der Waals surface area contributed by atoms with Crippen molar-refractivity contribution in [3.05, 3.63) is 62.7 Å². The first kappa shape index (κ1) is 17.9. The molecule has 128 valence electrons. The fourth-order valence-electron chi connectivity index (χ4n) is 1.95. The number of nitrogens with one attached hydrogen (secondary N) is 2. The smallest absolute Gasteiger partial charge is 0.230 e. The van der Waals surface area contributed by atoms with E-state index in [1.165, 1.54) is 11.3 Å². The first-order valence-corrected chi connectivity index (χ1v) is 9.09. The zero-order chi connectivity index (χ0) is 17.8. The molecule has 25 heavy (non-hydrogen) atoms. The van der Waals surface area contributed by atoms with Gasteiger partial charge in [-0.3, -0.25) is 4.79 Å². The summed E-state index contributed by atoms with van der Waals surface area (Å²) < 4.78 is 0. The van der Waals surface area contributed by atoms with E-state index in [0.717, 1.165) is 0 Å². The first-order chi connectivity index (χ1) is 12.0. The minimum atomic E-state index is -0.195. The van der Waals surface area contributed by atoms with Gasteiger partial charge >= 0.3 is 0 Å². The van der Waals surface area contributed by atoms with E-state index in [2.05, 4.69) is 20.6 Å². The van der Waals surface area contributed by atoms with Gasteiger partial charge in [0.25, 0.3) is 0 Å². The normalized spacial score (nSPS) is 10.5. The van der Waals surface area contributed by atoms with Crippen molar-refractivity contribution in [2.75, 3.05) is 10.6 Å². The summed E-state index contributed by atoms with van der Waals surface area (Å²) in [7, 11) is 0. The Morgan fingerprint density at radius 3 is 2.68 bits per heavy atom. The van der Waals surface area contributed by atoms with Crippen LogP contribution in [0, 0.1) is 0 Å². The van der Waals surface area contributed by atoms with E-state index in [1.54, 1.807) is 36.5 Å². The molecule has 0 atom stereocenters. The Balaban J connectivity index is 1.59. The Hall–Kier alpha value is -1.86. The number of rotatable bonds is 5. The standard InChI is InChI=1S/C16H11Cl3N4OS/c17-9-1-4-14(20-7-9)23-16-22-11(8-25-16)6-15(24)21-10-2-3-12(18)13(19)5-10/h1-5,7-8H,6H2,(H,21,24)(H,20,22,23). The minimum absolute atomic E-state index is 0.145. The van der Waals surface area contributed by atoms with E-state index in [4.69, 9.17) is 34.8 Å². The van der Waals surface area contributed by atoms with Gasteiger partial charge in [-0.05, 0) is 30.3 Å². The van der Waals surface area contributed by atoms with Gasteiger partial charge in [-0.1, -0.05) is 34.8 Å². The predicted octanol–water partition coefficient (Wildman–Crippen LogP) is 5.42. The van der Waals surface area contributed by atoms with Crippen LogP contribution in [0.2, 0.25) is 15.1 Å². The van der Waals surface area contributed by atoms with E-state index in [0.29, 0.717) is 37.4 Å². The number of halogens is 3. The molecule has 1 amide bonds. The number of nitrogens with zero attached hydrogens (tertiary/aromatic N) is 2. The molecule has 0 bridgehead atoms. The molecule has 0 saturated heterocycles. The molecular weight excluding hydrogens is 403 g/mol. The van der Waals surface area contributed by atoms with E-state index in [9.17, 15) is 4.79 Å². The third-order valence-electron chi connectivity index (χ3n) is 3.06. The average Bonchev–Trinajstić information content (AvgIpc) is 3.00. The number of benzene rings is 1. The lowest BCUT2D eigenvalue weighted by atomic mass is 10.3. The van der Waals surface area contributed by atoms with Crippen molar-refractivity contribution in [1.29, 1.82) is 0 Å². The molecule has 0 radical (unpaired) electrons. The molecule has 2 heterocycles. The second-order valence-electron chi connectivity index (χ2n) is 4.98. The Morgan fingerprint density at radius 1 is 1.12 bits per heavy atom. The van der Waals surface area contributed by atoms with Crippen LogP contribution in [0.25, 0.3) is 0 Å². The number of anilines is 3. The van der Waals surface area contributed by atoms with Crippen LogP contribution in [0.4, 0.5) is 16.6 Å². The third-order valence-corrected chi connectivity index (χ3v) is 4.83. The third kappa shape index (κ3) is 5.06. The fraction of sp³-hybridized carbons (Fsp3) is 0.0625. The monoisotopic (exact) mass is 412 g/mol. The van der Waals surface area contributed by atoms with E-state index in [1.807, 2.05) is 5.38 Å². The highest BCUT2D eigenvalue weighted by Crippen LogP contribution is 2.25. The molecule has 0 saturated carbocycles. The van der Waals surface area contributed by atoms with Crippen molar-refractivity contribution in [3.63, 3.8) is 0 Å². The maximum absolute atomic E-state index is 12.1. The number of carbonyl (C=O) groups is 1. The number of pyridine rings is 1. The summed E-state index contributed by atoms with van der Waals surface area (Å²) in [6.45, 7) is 0. The maximum Gasteiger partial charge on any atom is 0.230 e. The number of hydrogen-bond donors (Lipinski definition) is 2. The summed E-state index contributed by atoms with van der Waals surface area (Å²) in [5, 5.41) is 9.66. The molecule has 0 spiro atoms. The van der Waals surface area contributed by atoms with Crippen LogP contribution in [-0.4, -0.2) is 15.9 Å². The van der Waals surface area contributed by atoms with Crippen LogP contribution >= 0.6 is 46.1 Å². The minimum Gasteiger partial charge on any atom is -0.326 e. The molecule has 2 aromatic heterocycles. The number of carbonyl (C=O) groups excluding carboxylic acids is 1. The summed E-state index contributed by atoms with van der Waals surface area (Å²) in [4.78, 5) is 20.6. The predicted molar refractivity (Wildman–Crippen MR) is 103 cm³/mol. The molecule has 3 rings (SSSR count). The van der Waals surface area contributed by atoms with Crippen LogP contribution in [0.1, 0.15) is 5.69 Å². The van der Waals surface area contributed by atoms with Crippen LogP contribution < -0.4 is 10.6 Å². The average molecular weight is 414 g/mol. The van der Waals surface area contributed by atoms with Gasteiger partial charge < -0.3 is 10.6 Å². The Kier molecular flexibility index (Phi) is 5.75. The van der Waals surface area contributed by atoms with Gasteiger partial charge in [0.05, 0.1) is 27.2 Å². The molecule has 2 N–H and O–H groups in total. The van der Waals surface area contributed by atoms with Crippen LogP contribution in [0.15, 0.2) is 41.9 Å². The van der Waals surface area contributed by atoms with Gasteiger partial charge in [0.15, 0.2) is 5.13 Å². The highest BCUT2D eigenvalue weighted by molar-refractivity contribution is 7.13. The van der Waals surface area contributed by atoms with Crippen molar-refractivity contribution in [3.8, 4) is 0 Å². The maximum atomic E-state index is 12.1. The molecule has 0 aliphatic heterocycles. The van der Waals surface area contributed by atoms with Gasteiger partial charge in [0.1, 0.15) is 5.82 Å². The van der Waals surface area contributed by atoms with Gasteiger partial charge in [0.2, 0.25) is 5.91 Å². The summed E-state index contributed by atoms with van der Waals surface area (Å²) in [5.74, 6) is 0.436. The summed E-state index contributed by atoms with van der Waals surface area (Å²) >= 11 is 19.0. The van der Waals surface area contributed by atoms with Crippen LogP contribution in [-0.2, 0) is 11.2 Å². The van der Waals surface area contributed by atoms with Gasteiger partial charge in [-0.25, -0.2) is 9.97 Å². The molecule has 3 aromatic rings. The molecule has 1 aromatic carbocycles. The Labute approximate surface area is 163 Å². The van der Waals surface area contributed by atoms with E-state index < -0.39 is 0 Å². The SMILES string of the molecule is O=C(Cc1csc(Nc2ccc(Cl)cn2)n1)Nc1ccc(Cl)c(Cl)c1. The lowest BCUT2D eigenvalue weighted by Crippen LogP contribution is -2.14. The number of thiazole rings is 1. The zero-order valence-corrected chi connectivity index (χ0v) is 15.7. The molecule has 0 unspecified atom stereocenters. The van der Waals surface area contributed by atoms with Crippen LogP contribution in [0.5, 0.6) is 0 Å². The first-order valence-electron chi connectivity index (χ1n) is 7.07. The topological polar surface area (TPSA) is 66.9 Å². The molecule has 0 aliphatic carbocycles. The van der Waals surface area contributed by atoms with E-state index >= 15 is 0 Å². The number of hydrogen-bond acceptors (Lipinski definition) is 5. The molecular formula is C16H11Cl3N4OS. The highest BCUT2D eigenvalue weighted by Gasteiger charge is 2.09. The second kappa shape index (κ2) is 8.01. The van der Waals surface area contributed by atoms with Crippen LogP contribution in [0.3, 0.4) is 0 Å². The van der Waals surface area contributed by atoms with Gasteiger partial charge in [0, 0.05) is 17.3 Å². The Morgan fingerprint density at radius 2 is 1.96 bits per heavy atom. The van der Waals surface area contributed by atoms with E-state index in [-0.39, 0.29) is 12.3 Å². The summed E-state index contributed by atoms with van der Waals surface area (Å²) in [5.41, 5.74) is 1.23. The summed E-state index contributed by atoms with van der Waals surface area (Å²) in [6, 6.07) is 8.40. The van der Waals surface area contributed by atoms with Crippen molar-refractivity contribution in [2.45, 2.75) is 6.42 Å². The summed E-state index contributed by atoms with van der Waals surface area (Å²) in [6.07, 6.45) is 1.69. The van der Waals surface area contributed by atoms with Crippen molar-refractivity contribution < 1.29 is 4.79 Å². The quantitative estimate of drug-likeness (QED) is 0.586. The largest absolute Gasteiger partial charge is 0.326 e. The van der Waals surface area contributed by atoms with Crippen molar-refractivity contribution >= 4 is 68.7 Å². The molecule has 5 nitrogen and oxygen atoms in total. The zero-order valence-electron chi connectivity index (χ0n) is 12.6. The number of amides is 1. The fourth-order valence-corrected chi connectivity index (χ4v) is 3.08. The molecule has 9 heteroatoms. The molecule has 0 aliphatic rings. The lowest BCUT2D eigenvalue weighted by molar-refractivity contribution is -0.115. The van der Waals surface area contributed by atoms with Crippen molar-refractivity contribution in [1.82, 2.24) is 9.97 Å². The molecule has 0 fully saturated rings. The van der Waals surface area contributed by atoms with Gasteiger partial charge in [-0.2, -0.15) is 0 Å². The number of aromatic nitrogens is 2. The van der Waals surface area contributed by atoms with Crippen molar-refractivity contribution in [2.24, 2.45) is 0 Å². The highest BCUT2D eigenvalue weighted by atomic mass is 35.5. The Bertz CT molecular complexity index is 899. The second-order valence-corrected chi connectivity index (χ2v) is 7.09.